The van der Waals surface area contributed by atoms with E-state index < -0.39 is 23.5 Å². The summed E-state index contributed by atoms with van der Waals surface area (Å²) in [6.45, 7) is 3.44. The normalized spacial score (nSPS) is 21.4. The number of aromatic hydroxyl groups is 1. The molecule has 4 heterocycles. The zero-order valence-electron chi connectivity index (χ0n) is 21.3. The highest BCUT2D eigenvalue weighted by molar-refractivity contribution is 6.03. The molecule has 6 rings (SSSR count). The summed E-state index contributed by atoms with van der Waals surface area (Å²) in [5.41, 5.74) is 2.36. The van der Waals surface area contributed by atoms with Crippen molar-refractivity contribution in [2.45, 2.75) is 31.7 Å². The summed E-state index contributed by atoms with van der Waals surface area (Å²) in [7, 11) is 1.40. The maximum atomic E-state index is 16.3. The van der Waals surface area contributed by atoms with Crippen molar-refractivity contribution in [3.05, 3.63) is 47.7 Å². The first-order valence-electron chi connectivity index (χ1n) is 12.5. The van der Waals surface area contributed by atoms with Crippen LogP contribution in [0, 0.1) is 24.0 Å². The van der Waals surface area contributed by atoms with Crippen LogP contribution in [0.15, 0.2) is 30.5 Å². The molecule has 0 bridgehead atoms. The number of pyridine rings is 1. The predicted octanol–water partition coefficient (Wildman–Crippen LogP) is 4.06. The Labute approximate surface area is 222 Å². The molecule has 2 atom stereocenters. The van der Waals surface area contributed by atoms with E-state index in [1.54, 1.807) is 0 Å². The molecule has 2 N–H and O–H groups in total. The number of phenols is 1. The molecule has 4 aromatic rings. The van der Waals surface area contributed by atoms with Gasteiger partial charge in [0.2, 0.25) is 0 Å². The molecule has 0 saturated carbocycles. The summed E-state index contributed by atoms with van der Waals surface area (Å²) >= 11 is 0. The van der Waals surface area contributed by atoms with Gasteiger partial charge in [0, 0.05) is 30.2 Å². The molecular formula is C28H25F2N5O4. The second-order valence-electron chi connectivity index (χ2n) is 9.71. The van der Waals surface area contributed by atoms with Gasteiger partial charge in [0.1, 0.15) is 34.2 Å². The van der Waals surface area contributed by atoms with Gasteiger partial charge in [-0.25, -0.2) is 8.78 Å². The predicted molar refractivity (Wildman–Crippen MR) is 140 cm³/mol. The van der Waals surface area contributed by atoms with E-state index in [1.165, 1.54) is 37.6 Å². The fraction of sp³-hybridized carbons (Fsp3) is 0.321. The van der Waals surface area contributed by atoms with Gasteiger partial charge in [0.25, 0.3) is 0 Å². The molecule has 2 saturated heterocycles. The molecule has 11 heteroatoms. The molecule has 0 aliphatic carbocycles. The average molecular weight is 534 g/mol. The molecule has 2 aliphatic rings. The second-order valence-corrected chi connectivity index (χ2v) is 9.71. The van der Waals surface area contributed by atoms with Crippen LogP contribution >= 0.6 is 0 Å². The number of anilines is 1. The van der Waals surface area contributed by atoms with Crippen LogP contribution in [0.3, 0.4) is 0 Å². The molecule has 2 aliphatic heterocycles. The number of phenolic OH excluding ortho intramolecular Hbond substituents is 1. The van der Waals surface area contributed by atoms with Gasteiger partial charge in [-0.3, -0.25) is 9.82 Å². The standard InChI is InChI=1S/C28H25F2N5O4/c1-4-18-21(29)7-6-16-10-17(36)11-19(22(16)18)24-23(30)25-20(12-31-24)26(34-27(33-25)37-3)35-9-5-8-28(14-35)13-32-39-15(2)38-28/h1,6-7,10-12,15,32,36H,5,8-9,13-14H2,2-3H3. The third-order valence-corrected chi connectivity index (χ3v) is 7.18. The zero-order valence-corrected chi connectivity index (χ0v) is 21.3. The SMILES string of the molecule is C#Cc1c(F)ccc2cc(O)cc(-c3ncc4c(N5CCCC6(CNOC(C)O6)C5)nc(OC)nc4c3F)c12. The molecule has 2 fully saturated rings. The van der Waals surface area contributed by atoms with Gasteiger partial charge in [0.05, 0.1) is 24.6 Å². The van der Waals surface area contributed by atoms with E-state index in [0.717, 1.165) is 12.8 Å². The van der Waals surface area contributed by atoms with Crippen LogP contribution in [0.25, 0.3) is 32.9 Å². The lowest BCUT2D eigenvalue weighted by Crippen LogP contribution is -2.60. The third kappa shape index (κ3) is 4.27. The number of terminal acetylenes is 1. The van der Waals surface area contributed by atoms with Crippen LogP contribution in [0.5, 0.6) is 11.8 Å². The lowest BCUT2D eigenvalue weighted by molar-refractivity contribution is -0.276. The van der Waals surface area contributed by atoms with E-state index in [9.17, 15) is 9.50 Å². The van der Waals surface area contributed by atoms with Crippen molar-refractivity contribution >= 4 is 27.5 Å². The fourth-order valence-corrected chi connectivity index (χ4v) is 5.52. The van der Waals surface area contributed by atoms with Gasteiger partial charge >= 0.3 is 6.01 Å². The number of ether oxygens (including phenoxy) is 2. The number of halogens is 2. The van der Waals surface area contributed by atoms with Gasteiger partial charge < -0.3 is 19.5 Å². The van der Waals surface area contributed by atoms with Gasteiger partial charge in [-0.15, -0.1) is 6.42 Å². The number of benzene rings is 2. The number of rotatable bonds is 3. The maximum absolute atomic E-state index is 16.3. The number of hydrogen-bond acceptors (Lipinski definition) is 9. The van der Waals surface area contributed by atoms with Crippen LogP contribution in [-0.4, -0.2) is 58.7 Å². The van der Waals surface area contributed by atoms with E-state index in [0.29, 0.717) is 36.2 Å². The van der Waals surface area contributed by atoms with Crippen LogP contribution in [-0.2, 0) is 9.57 Å². The number of nitrogens with one attached hydrogen (secondary N) is 1. The van der Waals surface area contributed by atoms with E-state index in [2.05, 4.69) is 26.4 Å². The molecule has 1 spiro atoms. The smallest absolute Gasteiger partial charge is 0.318 e. The molecule has 2 aromatic heterocycles. The van der Waals surface area contributed by atoms with Crippen LogP contribution < -0.4 is 15.1 Å². The van der Waals surface area contributed by atoms with Gasteiger partial charge in [-0.1, -0.05) is 12.0 Å². The van der Waals surface area contributed by atoms with E-state index in [4.69, 9.17) is 20.7 Å². The molecular weight excluding hydrogens is 508 g/mol. The zero-order chi connectivity index (χ0) is 27.3. The molecule has 2 aromatic carbocycles. The number of hydroxylamine groups is 1. The van der Waals surface area contributed by atoms with Crippen molar-refractivity contribution in [2.75, 3.05) is 31.6 Å². The third-order valence-electron chi connectivity index (χ3n) is 7.18. The van der Waals surface area contributed by atoms with Gasteiger partial charge in [0.15, 0.2) is 12.1 Å². The Morgan fingerprint density at radius 1 is 1.28 bits per heavy atom. The van der Waals surface area contributed by atoms with Crippen molar-refractivity contribution in [3.8, 4) is 35.4 Å². The van der Waals surface area contributed by atoms with Crippen molar-refractivity contribution in [2.24, 2.45) is 0 Å². The maximum Gasteiger partial charge on any atom is 0.318 e. The monoisotopic (exact) mass is 533 g/mol. The highest BCUT2D eigenvalue weighted by atomic mass is 19.1. The first kappa shape index (κ1) is 25.2. The number of fused-ring (bicyclic) bond motifs is 2. The first-order chi connectivity index (χ1) is 18.8. The summed E-state index contributed by atoms with van der Waals surface area (Å²) in [5, 5.41) is 11.4. The number of piperidine rings is 1. The Hall–Kier alpha value is -4.11. The van der Waals surface area contributed by atoms with Gasteiger partial charge in [-0.05, 0) is 43.4 Å². The lowest BCUT2D eigenvalue weighted by Gasteiger charge is -2.46. The molecule has 2 unspecified atom stereocenters. The van der Waals surface area contributed by atoms with Crippen LogP contribution in [0.4, 0.5) is 14.6 Å². The average Bonchev–Trinajstić information content (AvgIpc) is 2.92. The van der Waals surface area contributed by atoms with Crippen molar-refractivity contribution in [1.82, 2.24) is 20.4 Å². The topological polar surface area (TPSA) is 102 Å². The number of methoxy groups -OCH3 is 1. The summed E-state index contributed by atoms with van der Waals surface area (Å²) in [6, 6.07) is 5.39. The Balaban J connectivity index is 1.53. The minimum Gasteiger partial charge on any atom is -0.508 e. The summed E-state index contributed by atoms with van der Waals surface area (Å²) in [4.78, 5) is 20.6. The molecule has 0 amide bonds. The largest absolute Gasteiger partial charge is 0.508 e. The highest BCUT2D eigenvalue weighted by Gasteiger charge is 2.41. The Bertz CT molecular complexity index is 1660. The summed E-state index contributed by atoms with van der Waals surface area (Å²) in [5.74, 6) is 1.23. The quantitative estimate of drug-likeness (QED) is 0.378. The Morgan fingerprint density at radius 3 is 2.90 bits per heavy atom. The fourth-order valence-electron chi connectivity index (χ4n) is 5.52. The van der Waals surface area contributed by atoms with E-state index in [-0.39, 0.29) is 39.5 Å². The molecule has 200 valence electrons. The summed E-state index contributed by atoms with van der Waals surface area (Å²) < 4.78 is 42.4. The molecule has 9 nitrogen and oxygen atoms in total. The van der Waals surface area contributed by atoms with E-state index in [1.807, 2.05) is 11.8 Å². The molecule has 0 radical (unpaired) electrons. The van der Waals surface area contributed by atoms with E-state index >= 15 is 4.39 Å². The van der Waals surface area contributed by atoms with Crippen molar-refractivity contribution in [3.63, 3.8) is 0 Å². The molecule has 39 heavy (non-hydrogen) atoms. The first-order valence-corrected chi connectivity index (χ1v) is 12.5. The number of hydrogen-bond donors (Lipinski definition) is 2. The minimum absolute atomic E-state index is 0.0244. The number of aromatic nitrogens is 3. The number of nitrogens with zero attached hydrogens (tertiary/aromatic N) is 4. The van der Waals surface area contributed by atoms with Crippen LogP contribution in [0.2, 0.25) is 0 Å². The van der Waals surface area contributed by atoms with Crippen LogP contribution in [0.1, 0.15) is 25.3 Å². The Kier molecular flexibility index (Phi) is 6.18. The van der Waals surface area contributed by atoms with Crippen molar-refractivity contribution in [1.29, 1.82) is 0 Å². The van der Waals surface area contributed by atoms with Gasteiger partial charge in [-0.2, -0.15) is 15.4 Å². The summed E-state index contributed by atoms with van der Waals surface area (Å²) in [6.07, 6.45) is 8.29. The Morgan fingerprint density at radius 2 is 2.13 bits per heavy atom. The lowest BCUT2D eigenvalue weighted by atomic mass is 9.92. The van der Waals surface area contributed by atoms with Crippen molar-refractivity contribution < 1.29 is 28.2 Å². The minimum atomic E-state index is -0.780. The second kappa shape index (κ2) is 9.57. The highest BCUT2D eigenvalue weighted by Crippen LogP contribution is 2.39.